The van der Waals surface area contributed by atoms with E-state index >= 15 is 8.42 Å². The SMILES string of the molecule is COc1ccc(CN(Cc2ccc(OC)cc2)S(=O)(=O)c2c(S(=O)(=O)C3CN(C(=O)O)C3)ccc(-c3cccc(N)n3)c2-c2nnnn2Cc2ccc(OC)cc2)cc1. The van der Waals surface area contributed by atoms with Crippen molar-refractivity contribution in [1.29, 1.82) is 0 Å². The van der Waals surface area contributed by atoms with Crippen LogP contribution in [0.15, 0.2) is 113 Å². The molecule has 19 heteroatoms. The molecule has 306 valence electrons. The van der Waals surface area contributed by atoms with Crippen molar-refractivity contribution in [3.63, 3.8) is 0 Å². The predicted octanol–water partition coefficient (Wildman–Crippen LogP) is 4.59. The highest BCUT2D eigenvalue weighted by atomic mass is 32.2. The second-order valence-electron chi connectivity index (χ2n) is 13.6. The summed E-state index contributed by atoms with van der Waals surface area (Å²) in [5.74, 6) is 1.76. The summed E-state index contributed by atoms with van der Waals surface area (Å²) in [7, 11) is -4.90. The molecule has 17 nitrogen and oxygen atoms in total. The molecule has 3 heterocycles. The third kappa shape index (κ3) is 8.38. The average molecular weight is 841 g/mol. The van der Waals surface area contributed by atoms with Gasteiger partial charge in [0.05, 0.1) is 44.0 Å². The quantitative estimate of drug-likeness (QED) is 0.145. The number of ether oxygens (including phenoxy) is 3. The van der Waals surface area contributed by atoms with Gasteiger partial charge in [0, 0.05) is 31.7 Å². The van der Waals surface area contributed by atoms with E-state index in [1.54, 1.807) is 98.1 Å². The lowest BCUT2D eigenvalue weighted by atomic mass is 10.0. The van der Waals surface area contributed by atoms with E-state index in [4.69, 9.17) is 19.9 Å². The zero-order valence-electron chi connectivity index (χ0n) is 32.2. The molecule has 1 aliphatic rings. The normalized spacial score (nSPS) is 13.3. The standard InChI is InChI=1S/C40H40N8O9S2/c1-55-29-13-7-26(8-14-29)21-47(22-27-9-15-30(56-2)16-10-27)59(53,54)38-35(58(51,52)32-24-46(25-32)40(49)50)20-19-33(34-5-4-6-36(41)42-34)37(38)39-43-44-45-48(39)23-28-11-17-31(57-3)18-12-28/h4-20,32H,21-25H2,1-3H3,(H2,41,42)(H,49,50). The number of carboxylic acid groups (broad SMARTS) is 1. The number of benzene rings is 4. The lowest BCUT2D eigenvalue weighted by Gasteiger charge is -2.37. The second kappa shape index (κ2) is 16.7. The molecular formula is C40H40N8O9S2. The van der Waals surface area contributed by atoms with Crippen LogP contribution < -0.4 is 19.9 Å². The number of sulfonamides is 1. The molecule has 0 radical (unpaired) electrons. The second-order valence-corrected chi connectivity index (χ2v) is 17.7. The van der Waals surface area contributed by atoms with Crippen molar-refractivity contribution in [3.05, 3.63) is 120 Å². The molecule has 0 aliphatic carbocycles. The number of nitrogen functional groups attached to an aromatic ring is 1. The lowest BCUT2D eigenvalue weighted by molar-refractivity contribution is 0.120. The van der Waals surface area contributed by atoms with Crippen LogP contribution in [0.3, 0.4) is 0 Å². The van der Waals surface area contributed by atoms with Crippen LogP contribution in [0.2, 0.25) is 0 Å². The Kier molecular flexibility index (Phi) is 11.5. The molecule has 0 spiro atoms. The van der Waals surface area contributed by atoms with Crippen molar-refractivity contribution in [2.45, 2.75) is 34.7 Å². The number of sulfone groups is 1. The molecule has 0 saturated carbocycles. The molecule has 4 aromatic carbocycles. The average Bonchev–Trinajstić information content (AvgIpc) is 3.67. The maximum Gasteiger partial charge on any atom is 0.407 e. The number of likely N-dealkylation sites (tertiary alicyclic amines) is 1. The molecule has 1 amide bonds. The first kappa shape index (κ1) is 40.6. The fourth-order valence-corrected chi connectivity index (χ4v) is 10.7. The van der Waals surface area contributed by atoms with Crippen molar-refractivity contribution >= 4 is 31.8 Å². The number of nitrogens with zero attached hydrogens (tertiary/aromatic N) is 7. The maximum atomic E-state index is 15.8. The highest BCUT2D eigenvalue weighted by Gasteiger charge is 2.45. The summed E-state index contributed by atoms with van der Waals surface area (Å²) in [5.41, 5.74) is 8.26. The van der Waals surface area contributed by atoms with Crippen LogP contribution in [0.25, 0.3) is 22.6 Å². The Morgan fingerprint density at radius 1 is 0.780 bits per heavy atom. The molecule has 0 unspecified atom stereocenters. The van der Waals surface area contributed by atoms with E-state index in [9.17, 15) is 18.3 Å². The van der Waals surface area contributed by atoms with Gasteiger partial charge in [-0.2, -0.15) is 4.31 Å². The Morgan fingerprint density at radius 2 is 1.32 bits per heavy atom. The minimum Gasteiger partial charge on any atom is -0.497 e. The van der Waals surface area contributed by atoms with Gasteiger partial charge in [0.2, 0.25) is 10.0 Å². The van der Waals surface area contributed by atoms with Gasteiger partial charge in [-0.05, 0) is 81.7 Å². The molecule has 59 heavy (non-hydrogen) atoms. The van der Waals surface area contributed by atoms with Gasteiger partial charge in [-0.1, -0.05) is 48.5 Å². The number of amides is 1. The van der Waals surface area contributed by atoms with Gasteiger partial charge < -0.3 is 30.0 Å². The van der Waals surface area contributed by atoms with Crippen LogP contribution in [0, 0.1) is 0 Å². The van der Waals surface area contributed by atoms with Crippen LogP contribution in [0.4, 0.5) is 10.6 Å². The molecule has 7 rings (SSSR count). The van der Waals surface area contributed by atoms with Gasteiger partial charge in [0.25, 0.3) is 0 Å². The van der Waals surface area contributed by atoms with Crippen LogP contribution in [0.5, 0.6) is 17.2 Å². The molecule has 1 saturated heterocycles. The Labute approximate surface area is 340 Å². The van der Waals surface area contributed by atoms with Gasteiger partial charge in [-0.15, -0.1) is 5.10 Å². The molecule has 1 aliphatic heterocycles. The topological polar surface area (TPSA) is 222 Å². The van der Waals surface area contributed by atoms with Crippen LogP contribution in [-0.2, 0) is 39.5 Å². The Bertz CT molecular complexity index is 2640. The molecule has 3 N–H and O–H groups in total. The lowest BCUT2D eigenvalue weighted by Crippen LogP contribution is -2.56. The highest BCUT2D eigenvalue weighted by Crippen LogP contribution is 2.43. The van der Waals surface area contributed by atoms with Crippen molar-refractivity contribution in [1.82, 2.24) is 34.4 Å². The molecule has 1 fully saturated rings. The number of tetrazole rings is 1. The number of rotatable bonds is 15. The zero-order valence-corrected chi connectivity index (χ0v) is 33.8. The van der Waals surface area contributed by atoms with Gasteiger partial charge in [-0.25, -0.2) is 31.3 Å². The van der Waals surface area contributed by atoms with Crippen molar-refractivity contribution in [2.24, 2.45) is 0 Å². The summed E-state index contributed by atoms with van der Waals surface area (Å²) in [6.45, 7) is -1.08. The minimum absolute atomic E-state index is 0.0458. The largest absolute Gasteiger partial charge is 0.497 e. The van der Waals surface area contributed by atoms with Crippen molar-refractivity contribution < 1.29 is 40.9 Å². The maximum absolute atomic E-state index is 15.8. The summed E-state index contributed by atoms with van der Waals surface area (Å²) in [4.78, 5) is 16.0. The number of nitrogens with two attached hydrogens (primary N) is 1. The van der Waals surface area contributed by atoms with Gasteiger partial charge in [0.15, 0.2) is 15.7 Å². The summed E-state index contributed by atoms with van der Waals surface area (Å²) < 4.78 is 79.7. The van der Waals surface area contributed by atoms with Gasteiger partial charge >= 0.3 is 6.09 Å². The Balaban J connectivity index is 1.50. The number of carbonyl (C=O) groups is 1. The van der Waals surface area contributed by atoms with Crippen LogP contribution in [-0.4, -0.2) is 102 Å². The van der Waals surface area contributed by atoms with E-state index in [1.165, 1.54) is 35.3 Å². The van der Waals surface area contributed by atoms with Crippen molar-refractivity contribution in [3.8, 4) is 39.9 Å². The number of methoxy groups -OCH3 is 3. The number of aromatic nitrogens is 5. The third-order valence-corrected chi connectivity index (χ3v) is 14.0. The van der Waals surface area contributed by atoms with Gasteiger partial charge in [-0.3, -0.25) is 0 Å². The highest BCUT2D eigenvalue weighted by molar-refractivity contribution is 7.94. The monoisotopic (exact) mass is 840 g/mol. The fourth-order valence-electron chi connectivity index (χ4n) is 6.67. The minimum atomic E-state index is -4.91. The zero-order chi connectivity index (χ0) is 41.9. The predicted molar refractivity (Wildman–Crippen MR) is 216 cm³/mol. The fraction of sp³-hybridized carbons (Fsp3) is 0.225. The van der Waals surface area contributed by atoms with E-state index in [0.717, 1.165) is 10.5 Å². The van der Waals surface area contributed by atoms with E-state index in [-0.39, 0.29) is 61.2 Å². The van der Waals surface area contributed by atoms with Gasteiger partial charge in [0.1, 0.15) is 33.2 Å². The Hall–Kier alpha value is -6.57. The number of pyridine rings is 1. The number of hydrogen-bond acceptors (Lipinski definition) is 13. The molecule has 2 aromatic heterocycles. The summed E-state index contributed by atoms with van der Waals surface area (Å²) in [6, 6.07) is 28.2. The summed E-state index contributed by atoms with van der Waals surface area (Å²) in [6.07, 6.45) is -1.30. The first-order valence-electron chi connectivity index (χ1n) is 18.1. The van der Waals surface area contributed by atoms with E-state index < -0.39 is 41.0 Å². The smallest absolute Gasteiger partial charge is 0.407 e. The first-order valence-corrected chi connectivity index (χ1v) is 21.1. The molecule has 0 atom stereocenters. The summed E-state index contributed by atoms with van der Waals surface area (Å²) >= 11 is 0. The van der Waals surface area contributed by atoms with E-state index in [2.05, 4.69) is 20.5 Å². The van der Waals surface area contributed by atoms with Crippen LogP contribution in [0.1, 0.15) is 16.7 Å². The van der Waals surface area contributed by atoms with E-state index in [0.29, 0.717) is 28.4 Å². The number of hydrogen-bond donors (Lipinski definition) is 2. The first-order chi connectivity index (χ1) is 28.3. The number of anilines is 1. The van der Waals surface area contributed by atoms with Crippen molar-refractivity contribution in [2.75, 3.05) is 40.2 Å². The summed E-state index contributed by atoms with van der Waals surface area (Å²) in [5, 5.41) is 20.8. The molecule has 0 bridgehead atoms. The molecular weight excluding hydrogens is 801 g/mol. The van der Waals surface area contributed by atoms with E-state index in [1.807, 2.05) is 0 Å². The third-order valence-electron chi connectivity index (χ3n) is 9.91. The molecule has 6 aromatic rings. The Morgan fingerprint density at radius 3 is 1.83 bits per heavy atom. The van der Waals surface area contributed by atoms with Crippen LogP contribution >= 0.6 is 0 Å².